The van der Waals surface area contributed by atoms with Gasteiger partial charge in [0.2, 0.25) is 10.0 Å². The molecule has 0 aliphatic heterocycles. The van der Waals surface area contributed by atoms with Crippen molar-refractivity contribution in [2.75, 3.05) is 12.8 Å². The van der Waals surface area contributed by atoms with Crippen LogP contribution in [0.1, 0.15) is 34.5 Å². The highest BCUT2D eigenvalue weighted by molar-refractivity contribution is 7.88. The van der Waals surface area contributed by atoms with Crippen LogP contribution in [0.15, 0.2) is 78.9 Å². The predicted molar refractivity (Wildman–Crippen MR) is 121 cm³/mol. The van der Waals surface area contributed by atoms with E-state index in [-0.39, 0.29) is 11.9 Å². The van der Waals surface area contributed by atoms with Crippen LogP contribution in [-0.2, 0) is 16.4 Å². The molecule has 3 rings (SSSR count). The molecule has 1 amide bonds. The molecule has 0 saturated heterocycles. The second-order valence-corrected chi connectivity index (χ2v) is 9.13. The van der Waals surface area contributed by atoms with E-state index in [9.17, 15) is 13.2 Å². The summed E-state index contributed by atoms with van der Waals surface area (Å²) in [5.74, 6) is -0.143. The molecule has 0 spiro atoms. The Morgan fingerprint density at radius 2 is 1.47 bits per heavy atom. The zero-order valence-electron chi connectivity index (χ0n) is 17.1. The summed E-state index contributed by atoms with van der Waals surface area (Å²) >= 11 is 0. The van der Waals surface area contributed by atoms with Gasteiger partial charge in [0.15, 0.2) is 0 Å². The Morgan fingerprint density at radius 1 is 0.867 bits per heavy atom. The second-order valence-electron chi connectivity index (χ2n) is 7.30. The van der Waals surface area contributed by atoms with Crippen molar-refractivity contribution in [2.45, 2.75) is 19.4 Å². The van der Waals surface area contributed by atoms with Crippen LogP contribution in [0.25, 0.3) is 11.1 Å². The Morgan fingerprint density at radius 3 is 2.07 bits per heavy atom. The van der Waals surface area contributed by atoms with Crippen LogP contribution in [0, 0.1) is 0 Å². The van der Waals surface area contributed by atoms with Crippen LogP contribution in [0.4, 0.5) is 0 Å². The number of rotatable bonds is 8. The minimum atomic E-state index is -3.19. The molecule has 0 aromatic heterocycles. The Kier molecular flexibility index (Phi) is 7.03. The summed E-state index contributed by atoms with van der Waals surface area (Å²) in [6.07, 6.45) is 1.70. The van der Waals surface area contributed by atoms with Gasteiger partial charge in [0, 0.05) is 12.1 Å². The first kappa shape index (κ1) is 21.7. The number of carbonyl (C=O) groups is 1. The number of benzene rings is 3. The van der Waals surface area contributed by atoms with Crippen molar-refractivity contribution in [1.29, 1.82) is 0 Å². The van der Waals surface area contributed by atoms with Crippen molar-refractivity contribution >= 4 is 15.9 Å². The molecule has 3 aromatic rings. The smallest absolute Gasteiger partial charge is 0.251 e. The highest BCUT2D eigenvalue weighted by Gasteiger charge is 2.12. The van der Waals surface area contributed by atoms with Gasteiger partial charge in [0.25, 0.3) is 5.91 Å². The maximum absolute atomic E-state index is 12.6. The van der Waals surface area contributed by atoms with Crippen molar-refractivity contribution in [2.24, 2.45) is 0 Å². The standard InChI is InChI=1S/C24H26N2O3S/c1-18(20-12-14-22(15-13-20)21-6-4-3-5-7-21)26-24(27)23-10-8-19(9-11-23)16-17-25-30(2,28)29/h3-15,18,25H,16-17H2,1-2H3,(H,26,27)/t18-/m0/s1. The lowest BCUT2D eigenvalue weighted by Crippen LogP contribution is -2.26. The van der Waals surface area contributed by atoms with Gasteiger partial charge in [0.1, 0.15) is 0 Å². The van der Waals surface area contributed by atoms with Crippen molar-refractivity contribution in [3.63, 3.8) is 0 Å². The number of sulfonamides is 1. The quantitative estimate of drug-likeness (QED) is 0.577. The van der Waals surface area contributed by atoms with Crippen molar-refractivity contribution in [3.05, 3.63) is 95.6 Å². The van der Waals surface area contributed by atoms with E-state index in [0.29, 0.717) is 18.5 Å². The fourth-order valence-corrected chi connectivity index (χ4v) is 3.63. The fraction of sp³-hybridized carbons (Fsp3) is 0.208. The minimum Gasteiger partial charge on any atom is -0.346 e. The normalized spacial score (nSPS) is 12.3. The topological polar surface area (TPSA) is 75.3 Å². The van der Waals surface area contributed by atoms with Gasteiger partial charge in [-0.3, -0.25) is 4.79 Å². The highest BCUT2D eigenvalue weighted by Crippen LogP contribution is 2.22. The molecule has 2 N–H and O–H groups in total. The summed E-state index contributed by atoms with van der Waals surface area (Å²) in [7, 11) is -3.19. The summed E-state index contributed by atoms with van der Waals surface area (Å²) in [6, 6.07) is 25.4. The van der Waals surface area contributed by atoms with E-state index in [1.807, 2.05) is 49.4 Å². The molecule has 0 aliphatic rings. The summed E-state index contributed by atoms with van der Waals surface area (Å²) in [6.45, 7) is 2.29. The summed E-state index contributed by atoms with van der Waals surface area (Å²) in [5.41, 5.74) is 4.87. The lowest BCUT2D eigenvalue weighted by Gasteiger charge is -2.15. The molecule has 0 saturated carbocycles. The minimum absolute atomic E-state index is 0.124. The third kappa shape index (κ3) is 6.27. The number of hydrogen-bond donors (Lipinski definition) is 2. The van der Waals surface area contributed by atoms with E-state index in [4.69, 9.17) is 0 Å². The van der Waals surface area contributed by atoms with E-state index in [1.165, 1.54) is 0 Å². The van der Waals surface area contributed by atoms with Crippen molar-refractivity contribution in [1.82, 2.24) is 10.0 Å². The molecule has 30 heavy (non-hydrogen) atoms. The number of hydrogen-bond acceptors (Lipinski definition) is 3. The lowest BCUT2D eigenvalue weighted by atomic mass is 10.0. The summed E-state index contributed by atoms with van der Waals surface area (Å²) < 4.78 is 24.7. The van der Waals surface area contributed by atoms with Gasteiger partial charge in [-0.15, -0.1) is 0 Å². The molecule has 6 heteroatoms. The van der Waals surface area contributed by atoms with Gasteiger partial charge in [-0.25, -0.2) is 13.1 Å². The SMILES string of the molecule is C[C@H](NC(=O)c1ccc(CCNS(C)(=O)=O)cc1)c1ccc(-c2ccccc2)cc1. The molecule has 5 nitrogen and oxygen atoms in total. The van der Waals surface area contributed by atoms with Crippen LogP contribution in [0.3, 0.4) is 0 Å². The Bertz CT molecular complexity index is 1080. The number of nitrogens with one attached hydrogen (secondary N) is 2. The van der Waals surface area contributed by atoms with Crippen LogP contribution < -0.4 is 10.0 Å². The summed E-state index contributed by atoms with van der Waals surface area (Å²) in [5, 5.41) is 3.02. The van der Waals surface area contributed by atoms with E-state index >= 15 is 0 Å². The van der Waals surface area contributed by atoms with Crippen molar-refractivity contribution < 1.29 is 13.2 Å². The van der Waals surface area contributed by atoms with Crippen LogP contribution in [-0.4, -0.2) is 27.1 Å². The molecule has 0 radical (unpaired) electrons. The Labute approximate surface area is 178 Å². The van der Waals surface area contributed by atoms with Crippen LogP contribution in [0.2, 0.25) is 0 Å². The second kappa shape index (κ2) is 9.69. The van der Waals surface area contributed by atoms with Gasteiger partial charge in [-0.2, -0.15) is 0 Å². The molecule has 0 unspecified atom stereocenters. The van der Waals surface area contributed by atoms with E-state index in [2.05, 4.69) is 34.3 Å². The first-order valence-corrected chi connectivity index (χ1v) is 11.7. The third-order valence-corrected chi connectivity index (χ3v) is 5.59. The molecule has 156 valence electrons. The van der Waals surface area contributed by atoms with Crippen LogP contribution in [0.5, 0.6) is 0 Å². The number of amides is 1. The van der Waals surface area contributed by atoms with Gasteiger partial charge in [-0.05, 0) is 47.7 Å². The monoisotopic (exact) mass is 422 g/mol. The molecule has 0 aliphatic carbocycles. The first-order chi connectivity index (χ1) is 14.3. The third-order valence-electron chi connectivity index (χ3n) is 4.86. The van der Waals surface area contributed by atoms with Gasteiger partial charge < -0.3 is 5.32 Å². The zero-order valence-corrected chi connectivity index (χ0v) is 17.9. The fourth-order valence-electron chi connectivity index (χ4n) is 3.16. The summed E-state index contributed by atoms with van der Waals surface area (Å²) in [4.78, 5) is 12.6. The molecule has 3 aromatic carbocycles. The zero-order chi connectivity index (χ0) is 21.6. The Hall–Kier alpha value is -2.96. The molecular weight excluding hydrogens is 396 g/mol. The van der Waals surface area contributed by atoms with E-state index in [1.54, 1.807) is 12.1 Å². The molecular formula is C24H26N2O3S. The van der Waals surface area contributed by atoms with E-state index < -0.39 is 10.0 Å². The van der Waals surface area contributed by atoms with Crippen LogP contribution >= 0.6 is 0 Å². The lowest BCUT2D eigenvalue weighted by molar-refractivity contribution is 0.0940. The maximum atomic E-state index is 12.6. The average molecular weight is 423 g/mol. The molecule has 0 bridgehead atoms. The predicted octanol–water partition coefficient (Wildman–Crippen LogP) is 3.94. The molecule has 1 atom stereocenters. The largest absolute Gasteiger partial charge is 0.346 e. The first-order valence-electron chi connectivity index (χ1n) is 9.82. The van der Waals surface area contributed by atoms with Gasteiger partial charge >= 0.3 is 0 Å². The van der Waals surface area contributed by atoms with Crippen molar-refractivity contribution in [3.8, 4) is 11.1 Å². The highest BCUT2D eigenvalue weighted by atomic mass is 32.2. The number of carbonyl (C=O) groups excluding carboxylic acids is 1. The van der Waals surface area contributed by atoms with Gasteiger partial charge in [-0.1, -0.05) is 66.7 Å². The molecule has 0 fully saturated rings. The average Bonchev–Trinajstić information content (AvgIpc) is 2.74. The van der Waals surface area contributed by atoms with E-state index in [0.717, 1.165) is 28.5 Å². The Balaban J connectivity index is 1.57. The van der Waals surface area contributed by atoms with Gasteiger partial charge in [0.05, 0.1) is 12.3 Å². The molecule has 0 heterocycles. The maximum Gasteiger partial charge on any atom is 0.251 e.